The zero-order valence-corrected chi connectivity index (χ0v) is 21.1. The molecular formula is C27H32N6O3. The number of amides is 3. The topological polar surface area (TPSA) is 109 Å². The van der Waals surface area contributed by atoms with Gasteiger partial charge in [0, 0.05) is 17.8 Å². The molecule has 9 nitrogen and oxygen atoms in total. The van der Waals surface area contributed by atoms with Crippen molar-refractivity contribution in [3.63, 3.8) is 0 Å². The maximum absolute atomic E-state index is 12.8. The van der Waals surface area contributed by atoms with Gasteiger partial charge < -0.3 is 15.0 Å². The maximum atomic E-state index is 12.8. The lowest BCUT2D eigenvalue weighted by molar-refractivity contribution is 0.00951. The SMILES string of the molecule is Cc1ccc(NC(=O)Nc2cncc(-c3ccc(C4CCCCN4C(=O)OC(C)(C)C)cc3)n2)cn1. The molecule has 4 rings (SSSR count). The molecule has 0 saturated carbocycles. The van der Waals surface area contributed by atoms with E-state index >= 15 is 0 Å². The third-order valence-corrected chi connectivity index (χ3v) is 5.77. The van der Waals surface area contributed by atoms with Crippen LogP contribution in [0.25, 0.3) is 11.3 Å². The first-order valence-electron chi connectivity index (χ1n) is 12.1. The summed E-state index contributed by atoms with van der Waals surface area (Å²) in [5.41, 5.74) is 3.46. The van der Waals surface area contributed by atoms with Crippen LogP contribution in [0, 0.1) is 6.92 Å². The number of carbonyl (C=O) groups excluding carboxylic acids is 2. The summed E-state index contributed by atoms with van der Waals surface area (Å²) in [6.45, 7) is 8.20. The molecule has 0 bridgehead atoms. The Labute approximate surface area is 211 Å². The second-order valence-corrected chi connectivity index (χ2v) is 9.86. The number of rotatable bonds is 4. The number of urea groups is 1. The van der Waals surface area contributed by atoms with Crippen LogP contribution in [0.3, 0.4) is 0 Å². The van der Waals surface area contributed by atoms with Crippen molar-refractivity contribution in [2.75, 3.05) is 17.2 Å². The van der Waals surface area contributed by atoms with Gasteiger partial charge in [-0.3, -0.25) is 15.3 Å². The molecule has 3 amide bonds. The monoisotopic (exact) mass is 488 g/mol. The van der Waals surface area contributed by atoms with Crippen LogP contribution in [0.4, 0.5) is 21.1 Å². The third-order valence-electron chi connectivity index (χ3n) is 5.77. The number of aryl methyl sites for hydroxylation is 1. The van der Waals surface area contributed by atoms with Crippen molar-refractivity contribution in [2.24, 2.45) is 0 Å². The van der Waals surface area contributed by atoms with E-state index in [2.05, 4.69) is 25.6 Å². The summed E-state index contributed by atoms with van der Waals surface area (Å²) in [4.78, 5) is 39.9. The Morgan fingerprint density at radius 1 is 1.00 bits per heavy atom. The molecule has 0 spiro atoms. The van der Waals surface area contributed by atoms with Crippen LogP contribution >= 0.6 is 0 Å². The fourth-order valence-electron chi connectivity index (χ4n) is 4.08. The molecule has 1 aromatic carbocycles. The summed E-state index contributed by atoms with van der Waals surface area (Å²) in [6.07, 6.45) is 7.38. The summed E-state index contributed by atoms with van der Waals surface area (Å²) in [6, 6.07) is 11.1. The molecular weight excluding hydrogens is 456 g/mol. The van der Waals surface area contributed by atoms with Crippen molar-refractivity contribution in [1.82, 2.24) is 19.9 Å². The number of anilines is 2. The summed E-state index contributed by atoms with van der Waals surface area (Å²) in [7, 11) is 0. The largest absolute Gasteiger partial charge is 0.444 e. The zero-order chi connectivity index (χ0) is 25.7. The number of hydrogen-bond donors (Lipinski definition) is 2. The molecule has 1 atom stereocenters. The second-order valence-electron chi connectivity index (χ2n) is 9.86. The van der Waals surface area contributed by atoms with Crippen LogP contribution in [0.15, 0.2) is 55.0 Å². The highest BCUT2D eigenvalue weighted by molar-refractivity contribution is 5.99. The highest BCUT2D eigenvalue weighted by Crippen LogP contribution is 2.33. The van der Waals surface area contributed by atoms with E-state index in [-0.39, 0.29) is 12.1 Å². The van der Waals surface area contributed by atoms with Crippen molar-refractivity contribution >= 4 is 23.6 Å². The molecule has 1 aliphatic heterocycles. The van der Waals surface area contributed by atoms with E-state index in [1.807, 2.05) is 62.9 Å². The van der Waals surface area contributed by atoms with Gasteiger partial charge in [0.15, 0.2) is 5.82 Å². The van der Waals surface area contributed by atoms with Gasteiger partial charge in [-0.05, 0) is 64.7 Å². The molecule has 36 heavy (non-hydrogen) atoms. The number of hydrogen-bond acceptors (Lipinski definition) is 6. The van der Waals surface area contributed by atoms with Crippen molar-refractivity contribution < 1.29 is 14.3 Å². The van der Waals surface area contributed by atoms with Crippen LogP contribution in [0.1, 0.15) is 57.3 Å². The molecule has 1 aliphatic rings. The van der Waals surface area contributed by atoms with Crippen molar-refractivity contribution in [3.05, 3.63) is 66.2 Å². The Bertz CT molecular complexity index is 1210. The molecule has 188 valence electrons. The molecule has 2 aromatic heterocycles. The van der Waals surface area contributed by atoms with Gasteiger partial charge in [0.1, 0.15) is 5.60 Å². The van der Waals surface area contributed by atoms with E-state index in [0.717, 1.165) is 36.1 Å². The second kappa shape index (κ2) is 10.7. The summed E-state index contributed by atoms with van der Waals surface area (Å²) in [5, 5.41) is 5.43. The highest BCUT2D eigenvalue weighted by atomic mass is 16.6. The molecule has 1 saturated heterocycles. The first kappa shape index (κ1) is 25.1. The zero-order valence-electron chi connectivity index (χ0n) is 21.1. The molecule has 3 aromatic rings. The van der Waals surface area contributed by atoms with Crippen LogP contribution in [-0.4, -0.2) is 44.1 Å². The van der Waals surface area contributed by atoms with Gasteiger partial charge in [0.25, 0.3) is 0 Å². The number of aromatic nitrogens is 3. The van der Waals surface area contributed by atoms with Crippen LogP contribution in [0.2, 0.25) is 0 Å². The lowest BCUT2D eigenvalue weighted by Crippen LogP contribution is -2.41. The van der Waals surface area contributed by atoms with Crippen LogP contribution in [-0.2, 0) is 4.74 Å². The predicted molar refractivity (Wildman–Crippen MR) is 139 cm³/mol. The Balaban J connectivity index is 1.44. The minimum absolute atomic E-state index is 0.0262. The Morgan fingerprint density at radius 2 is 1.78 bits per heavy atom. The normalized spacial score (nSPS) is 15.8. The molecule has 0 aliphatic carbocycles. The van der Waals surface area contributed by atoms with E-state index in [1.165, 1.54) is 6.20 Å². The van der Waals surface area contributed by atoms with E-state index < -0.39 is 11.6 Å². The first-order chi connectivity index (χ1) is 17.2. The number of benzene rings is 1. The lowest BCUT2D eigenvalue weighted by Gasteiger charge is -2.37. The standard InChI is InChI=1S/C27H32N6O3/c1-18-8-13-21(15-29-18)30-25(34)32-24-17-28-16-22(31-24)19-9-11-20(12-10-19)23-7-5-6-14-33(23)26(35)36-27(2,3)4/h8-13,15-17,23H,5-7,14H2,1-4H3,(H2,30,31,32,34). The van der Waals surface area contributed by atoms with Gasteiger partial charge in [-0.1, -0.05) is 24.3 Å². The Hall–Kier alpha value is -4.01. The van der Waals surface area contributed by atoms with E-state index in [1.54, 1.807) is 18.5 Å². The fourth-order valence-corrected chi connectivity index (χ4v) is 4.08. The first-order valence-corrected chi connectivity index (χ1v) is 12.1. The van der Waals surface area contributed by atoms with Gasteiger partial charge in [0.2, 0.25) is 0 Å². The number of nitrogens with zero attached hydrogens (tertiary/aromatic N) is 4. The summed E-state index contributed by atoms with van der Waals surface area (Å²) in [5.74, 6) is 0.331. The minimum atomic E-state index is -0.533. The number of ether oxygens (including phenoxy) is 1. The van der Waals surface area contributed by atoms with Crippen LogP contribution in [0.5, 0.6) is 0 Å². The highest BCUT2D eigenvalue weighted by Gasteiger charge is 2.31. The van der Waals surface area contributed by atoms with E-state index in [9.17, 15) is 9.59 Å². The van der Waals surface area contributed by atoms with Crippen molar-refractivity contribution in [3.8, 4) is 11.3 Å². The fraction of sp³-hybridized carbons (Fsp3) is 0.370. The maximum Gasteiger partial charge on any atom is 0.410 e. The van der Waals surface area contributed by atoms with Gasteiger partial charge in [0.05, 0.1) is 36.0 Å². The van der Waals surface area contributed by atoms with Crippen LogP contribution < -0.4 is 10.6 Å². The van der Waals surface area contributed by atoms with Crippen molar-refractivity contribution in [2.45, 2.75) is 58.6 Å². The van der Waals surface area contributed by atoms with E-state index in [0.29, 0.717) is 23.7 Å². The van der Waals surface area contributed by atoms with Crippen molar-refractivity contribution in [1.29, 1.82) is 0 Å². The van der Waals surface area contributed by atoms with Gasteiger partial charge in [-0.15, -0.1) is 0 Å². The number of likely N-dealkylation sites (tertiary alicyclic amines) is 1. The number of nitrogens with one attached hydrogen (secondary N) is 2. The van der Waals surface area contributed by atoms with Gasteiger partial charge in [-0.25, -0.2) is 14.6 Å². The molecule has 1 unspecified atom stereocenters. The Morgan fingerprint density at radius 3 is 2.47 bits per heavy atom. The average Bonchev–Trinajstić information content (AvgIpc) is 2.85. The summed E-state index contributed by atoms with van der Waals surface area (Å²) >= 11 is 0. The van der Waals surface area contributed by atoms with Gasteiger partial charge >= 0.3 is 12.1 Å². The minimum Gasteiger partial charge on any atom is -0.444 e. The molecule has 9 heteroatoms. The molecule has 3 heterocycles. The molecule has 0 radical (unpaired) electrons. The Kier molecular flexibility index (Phi) is 7.47. The van der Waals surface area contributed by atoms with Gasteiger partial charge in [-0.2, -0.15) is 0 Å². The molecule has 2 N–H and O–H groups in total. The lowest BCUT2D eigenvalue weighted by atomic mass is 9.94. The predicted octanol–water partition coefficient (Wildman–Crippen LogP) is 5.95. The number of carbonyl (C=O) groups is 2. The molecule has 1 fully saturated rings. The average molecular weight is 489 g/mol. The quantitative estimate of drug-likeness (QED) is 0.469. The number of pyridine rings is 1. The van der Waals surface area contributed by atoms with E-state index in [4.69, 9.17) is 4.74 Å². The third kappa shape index (κ3) is 6.56. The smallest absolute Gasteiger partial charge is 0.410 e. The summed E-state index contributed by atoms with van der Waals surface area (Å²) < 4.78 is 5.64. The number of piperidine rings is 1.